The predicted octanol–water partition coefficient (Wildman–Crippen LogP) is 1.34. The molecule has 1 heterocycles. The molecule has 0 aliphatic carbocycles. The van der Waals surface area contributed by atoms with Crippen LogP contribution in [0.5, 0.6) is 0 Å². The van der Waals surface area contributed by atoms with E-state index < -0.39 is 5.41 Å². The molecule has 1 atom stereocenters. The van der Waals surface area contributed by atoms with E-state index in [-0.39, 0.29) is 18.4 Å². The van der Waals surface area contributed by atoms with Gasteiger partial charge in [-0.3, -0.25) is 9.59 Å². The largest absolute Gasteiger partial charge is 0.355 e. The Balaban J connectivity index is 2.90. The number of amides is 2. The molecule has 5 nitrogen and oxygen atoms in total. The fourth-order valence-electron chi connectivity index (χ4n) is 2.31. The van der Waals surface area contributed by atoms with Crippen LogP contribution in [0.15, 0.2) is 17.5 Å². The maximum Gasteiger partial charge on any atom is 0.233 e. The van der Waals surface area contributed by atoms with Crippen LogP contribution in [-0.2, 0) is 15.0 Å². The topological polar surface area (TPSA) is 75.4 Å². The Kier molecular flexibility index (Phi) is 6.84. The summed E-state index contributed by atoms with van der Waals surface area (Å²) in [4.78, 5) is 27.0. The van der Waals surface area contributed by atoms with E-state index in [0.29, 0.717) is 26.1 Å². The summed E-state index contributed by atoms with van der Waals surface area (Å²) < 4.78 is 0. The van der Waals surface area contributed by atoms with Crippen molar-refractivity contribution in [3.8, 4) is 0 Å². The number of nitrogens with zero attached hydrogens (tertiary/aromatic N) is 1. The van der Waals surface area contributed by atoms with Gasteiger partial charge in [-0.2, -0.15) is 0 Å². The third-order valence-electron chi connectivity index (χ3n) is 3.72. The van der Waals surface area contributed by atoms with Crippen LogP contribution in [0.1, 0.15) is 32.1 Å². The van der Waals surface area contributed by atoms with Crippen molar-refractivity contribution in [2.24, 2.45) is 5.73 Å². The smallest absolute Gasteiger partial charge is 0.233 e. The van der Waals surface area contributed by atoms with Gasteiger partial charge < -0.3 is 16.0 Å². The fourth-order valence-corrected chi connectivity index (χ4v) is 3.22. The van der Waals surface area contributed by atoms with Gasteiger partial charge in [0.2, 0.25) is 11.8 Å². The van der Waals surface area contributed by atoms with Crippen molar-refractivity contribution >= 4 is 23.2 Å². The average molecular weight is 311 g/mol. The first-order valence-electron chi connectivity index (χ1n) is 7.29. The Bertz CT molecular complexity index is 457. The summed E-state index contributed by atoms with van der Waals surface area (Å²) in [5.74, 6) is -0.0873. The number of carbonyl (C=O) groups is 2. The van der Waals surface area contributed by atoms with E-state index in [1.165, 1.54) is 0 Å². The summed E-state index contributed by atoms with van der Waals surface area (Å²) in [5.41, 5.74) is 4.67. The Morgan fingerprint density at radius 2 is 2.05 bits per heavy atom. The predicted molar refractivity (Wildman–Crippen MR) is 86.3 cm³/mol. The molecule has 1 aromatic rings. The normalized spacial score (nSPS) is 13.5. The van der Waals surface area contributed by atoms with Gasteiger partial charge in [0.1, 0.15) is 0 Å². The monoisotopic (exact) mass is 311 g/mol. The molecule has 1 rings (SSSR count). The second-order valence-corrected chi connectivity index (χ2v) is 6.04. The zero-order valence-corrected chi connectivity index (χ0v) is 13.8. The summed E-state index contributed by atoms with van der Waals surface area (Å²) in [6.45, 7) is 7.70. The molecule has 0 bridgehead atoms. The molecule has 0 unspecified atom stereocenters. The molecule has 6 heteroatoms. The fraction of sp³-hybridized carbons (Fsp3) is 0.600. The van der Waals surface area contributed by atoms with Crippen molar-refractivity contribution in [2.45, 2.75) is 32.6 Å². The number of rotatable bonds is 8. The quantitative estimate of drug-likeness (QED) is 0.761. The van der Waals surface area contributed by atoms with E-state index in [0.717, 1.165) is 4.88 Å². The second-order valence-electron chi connectivity index (χ2n) is 5.09. The van der Waals surface area contributed by atoms with Crippen LogP contribution in [-0.4, -0.2) is 42.9 Å². The molecule has 0 spiro atoms. The molecule has 21 heavy (non-hydrogen) atoms. The molecule has 0 saturated heterocycles. The molecular formula is C15H25N3O2S. The summed E-state index contributed by atoms with van der Waals surface area (Å²) >= 11 is 1.58. The van der Waals surface area contributed by atoms with E-state index in [1.54, 1.807) is 11.3 Å². The molecule has 2 amide bonds. The van der Waals surface area contributed by atoms with Gasteiger partial charge >= 0.3 is 0 Å². The van der Waals surface area contributed by atoms with E-state index >= 15 is 0 Å². The SMILES string of the molecule is CCN(CC)C(=O)[C@](C)(CCNC(=O)CN)c1cccs1. The minimum Gasteiger partial charge on any atom is -0.355 e. The van der Waals surface area contributed by atoms with Crippen molar-refractivity contribution in [1.82, 2.24) is 10.2 Å². The minimum atomic E-state index is -0.609. The molecule has 0 radical (unpaired) electrons. The molecule has 118 valence electrons. The van der Waals surface area contributed by atoms with Crippen LogP contribution in [0.25, 0.3) is 0 Å². The Labute approximate surface area is 130 Å². The molecule has 0 aromatic carbocycles. The van der Waals surface area contributed by atoms with Crippen molar-refractivity contribution in [3.05, 3.63) is 22.4 Å². The van der Waals surface area contributed by atoms with Crippen molar-refractivity contribution < 1.29 is 9.59 Å². The highest BCUT2D eigenvalue weighted by atomic mass is 32.1. The number of thiophene rings is 1. The molecule has 0 fully saturated rings. The third kappa shape index (κ3) is 4.28. The van der Waals surface area contributed by atoms with Crippen LogP contribution < -0.4 is 11.1 Å². The van der Waals surface area contributed by atoms with E-state index in [4.69, 9.17) is 5.73 Å². The highest BCUT2D eigenvalue weighted by molar-refractivity contribution is 7.10. The molecule has 0 aliphatic heterocycles. The van der Waals surface area contributed by atoms with E-state index in [2.05, 4.69) is 5.32 Å². The Morgan fingerprint density at radius 1 is 1.38 bits per heavy atom. The summed E-state index contributed by atoms with van der Waals surface area (Å²) in [6.07, 6.45) is 0.564. The first-order chi connectivity index (χ1) is 9.99. The molecule has 1 aromatic heterocycles. The van der Waals surface area contributed by atoms with Crippen molar-refractivity contribution in [1.29, 1.82) is 0 Å². The lowest BCUT2D eigenvalue weighted by Gasteiger charge is -2.33. The molecule has 3 N–H and O–H groups in total. The van der Waals surface area contributed by atoms with Gasteiger partial charge in [-0.1, -0.05) is 6.07 Å². The molecular weight excluding hydrogens is 286 g/mol. The van der Waals surface area contributed by atoms with Gasteiger partial charge in [-0.15, -0.1) is 11.3 Å². The lowest BCUT2D eigenvalue weighted by molar-refractivity contribution is -0.136. The van der Waals surface area contributed by atoms with Gasteiger partial charge in [0.05, 0.1) is 12.0 Å². The van der Waals surface area contributed by atoms with Crippen LogP contribution in [0.4, 0.5) is 0 Å². The lowest BCUT2D eigenvalue weighted by atomic mass is 9.83. The van der Waals surface area contributed by atoms with Crippen molar-refractivity contribution in [2.75, 3.05) is 26.2 Å². The van der Waals surface area contributed by atoms with Crippen molar-refractivity contribution in [3.63, 3.8) is 0 Å². The average Bonchev–Trinajstić information content (AvgIpc) is 3.02. The number of carbonyl (C=O) groups excluding carboxylic acids is 2. The molecule has 0 saturated carbocycles. The highest BCUT2D eigenvalue weighted by Gasteiger charge is 2.38. The number of hydrogen-bond acceptors (Lipinski definition) is 4. The number of nitrogens with one attached hydrogen (secondary N) is 1. The maximum atomic E-state index is 12.9. The highest BCUT2D eigenvalue weighted by Crippen LogP contribution is 2.33. The van der Waals surface area contributed by atoms with E-state index in [1.807, 2.05) is 43.2 Å². The summed E-state index contributed by atoms with van der Waals surface area (Å²) in [5, 5.41) is 4.72. The summed E-state index contributed by atoms with van der Waals surface area (Å²) in [6, 6.07) is 3.93. The van der Waals surface area contributed by atoms with Gasteiger partial charge in [0.15, 0.2) is 0 Å². The number of nitrogens with two attached hydrogens (primary N) is 1. The van der Waals surface area contributed by atoms with Crippen LogP contribution in [0, 0.1) is 0 Å². The summed E-state index contributed by atoms with van der Waals surface area (Å²) in [7, 11) is 0. The first kappa shape index (κ1) is 17.7. The standard InChI is InChI=1S/C15H25N3O2S/c1-4-18(5-2)14(20)15(3,12-7-6-10-21-12)8-9-17-13(19)11-16/h6-7,10H,4-5,8-9,11,16H2,1-3H3,(H,17,19)/t15-/m1/s1. The Hall–Kier alpha value is -1.40. The van der Waals surface area contributed by atoms with Gasteiger partial charge in [-0.25, -0.2) is 0 Å². The second kappa shape index (κ2) is 8.14. The Morgan fingerprint density at radius 3 is 2.52 bits per heavy atom. The number of likely N-dealkylation sites (N-methyl/N-ethyl adjacent to an activating group) is 1. The van der Waals surface area contributed by atoms with Crippen LogP contribution in [0.2, 0.25) is 0 Å². The van der Waals surface area contributed by atoms with Gasteiger partial charge in [0, 0.05) is 24.5 Å². The number of hydrogen-bond donors (Lipinski definition) is 2. The van der Waals surface area contributed by atoms with Crippen LogP contribution >= 0.6 is 11.3 Å². The third-order valence-corrected chi connectivity index (χ3v) is 4.85. The maximum absolute atomic E-state index is 12.9. The minimum absolute atomic E-state index is 0.0281. The zero-order chi connectivity index (χ0) is 15.9. The lowest BCUT2D eigenvalue weighted by Crippen LogP contribution is -2.46. The first-order valence-corrected chi connectivity index (χ1v) is 8.17. The van der Waals surface area contributed by atoms with E-state index in [9.17, 15) is 9.59 Å². The molecule has 0 aliphatic rings. The van der Waals surface area contributed by atoms with Gasteiger partial charge in [-0.05, 0) is 38.6 Å². The zero-order valence-electron chi connectivity index (χ0n) is 13.0. The van der Waals surface area contributed by atoms with Crippen LogP contribution in [0.3, 0.4) is 0 Å². The van der Waals surface area contributed by atoms with Gasteiger partial charge in [0.25, 0.3) is 0 Å².